The summed E-state index contributed by atoms with van der Waals surface area (Å²) >= 11 is 5.20. The molecule has 0 aromatic rings. The van der Waals surface area contributed by atoms with Crippen LogP contribution in [-0.4, -0.2) is 54.8 Å². The predicted molar refractivity (Wildman–Crippen MR) is 80.5 cm³/mol. The first-order chi connectivity index (χ1) is 9.60. The van der Waals surface area contributed by atoms with Crippen molar-refractivity contribution in [1.82, 2.24) is 4.90 Å². The molecule has 0 spiro atoms. The summed E-state index contributed by atoms with van der Waals surface area (Å²) in [5.41, 5.74) is 5.19. The lowest BCUT2D eigenvalue weighted by Gasteiger charge is -2.41. The highest BCUT2D eigenvalue weighted by molar-refractivity contribution is 7.80. The van der Waals surface area contributed by atoms with Gasteiger partial charge < -0.3 is 20.1 Å². The maximum absolute atomic E-state index is 12.9. The van der Waals surface area contributed by atoms with E-state index in [0.717, 1.165) is 19.4 Å². The van der Waals surface area contributed by atoms with E-state index >= 15 is 0 Å². The first-order valence-electron chi connectivity index (χ1n) is 7.39. The van der Waals surface area contributed by atoms with Crippen LogP contribution in [0.4, 0.5) is 0 Å². The van der Waals surface area contributed by atoms with Crippen LogP contribution < -0.4 is 5.73 Å². The molecule has 2 aliphatic heterocycles. The Bertz CT molecular complexity index is 367. The van der Waals surface area contributed by atoms with E-state index in [4.69, 9.17) is 27.4 Å². The smallest absolute Gasteiger partial charge is 0.235 e. The fraction of sp³-hybridized carbons (Fsp3) is 0.857. The SMILES string of the molecule is CCOC1CCCN(C(=O)C2(C(N)=S)CCOCC2)C1. The first kappa shape index (κ1) is 15.7. The van der Waals surface area contributed by atoms with Crippen molar-refractivity contribution >= 4 is 23.1 Å². The lowest BCUT2D eigenvalue weighted by molar-refractivity contribution is -0.146. The topological polar surface area (TPSA) is 64.8 Å². The zero-order valence-corrected chi connectivity index (χ0v) is 12.9. The van der Waals surface area contributed by atoms with E-state index in [1.807, 2.05) is 11.8 Å². The summed E-state index contributed by atoms with van der Waals surface area (Å²) in [7, 11) is 0. The molecule has 2 N–H and O–H groups in total. The number of hydrogen-bond acceptors (Lipinski definition) is 4. The normalized spacial score (nSPS) is 26.2. The lowest BCUT2D eigenvalue weighted by atomic mass is 9.78. The lowest BCUT2D eigenvalue weighted by Crippen LogP contribution is -2.56. The minimum atomic E-state index is -0.707. The van der Waals surface area contributed by atoms with Crippen molar-refractivity contribution in [3.63, 3.8) is 0 Å². The van der Waals surface area contributed by atoms with Gasteiger partial charge in [-0.05, 0) is 32.6 Å². The van der Waals surface area contributed by atoms with Crippen LogP contribution in [0.3, 0.4) is 0 Å². The van der Waals surface area contributed by atoms with Crippen LogP contribution in [0.25, 0.3) is 0 Å². The van der Waals surface area contributed by atoms with Gasteiger partial charge in [0.1, 0.15) is 5.41 Å². The van der Waals surface area contributed by atoms with E-state index in [0.29, 0.717) is 44.2 Å². The van der Waals surface area contributed by atoms with Gasteiger partial charge in [-0.25, -0.2) is 0 Å². The van der Waals surface area contributed by atoms with Crippen molar-refractivity contribution in [2.24, 2.45) is 11.1 Å². The van der Waals surface area contributed by atoms with Crippen molar-refractivity contribution in [2.75, 3.05) is 32.9 Å². The van der Waals surface area contributed by atoms with Gasteiger partial charge in [-0.2, -0.15) is 0 Å². The molecule has 20 heavy (non-hydrogen) atoms. The van der Waals surface area contributed by atoms with Crippen molar-refractivity contribution in [3.8, 4) is 0 Å². The second kappa shape index (κ2) is 6.83. The highest BCUT2D eigenvalue weighted by Crippen LogP contribution is 2.34. The van der Waals surface area contributed by atoms with Crippen LogP contribution >= 0.6 is 12.2 Å². The van der Waals surface area contributed by atoms with Crippen LogP contribution in [0.15, 0.2) is 0 Å². The highest BCUT2D eigenvalue weighted by atomic mass is 32.1. The molecule has 1 atom stereocenters. The molecule has 114 valence electrons. The number of likely N-dealkylation sites (tertiary alicyclic amines) is 1. The molecule has 0 aliphatic carbocycles. The molecule has 2 aliphatic rings. The molecule has 1 amide bonds. The molecule has 1 unspecified atom stereocenters. The molecule has 0 aromatic carbocycles. The number of nitrogens with zero attached hydrogens (tertiary/aromatic N) is 1. The minimum absolute atomic E-state index is 0.0673. The average molecular weight is 300 g/mol. The number of hydrogen-bond donors (Lipinski definition) is 1. The van der Waals surface area contributed by atoms with E-state index in [1.54, 1.807) is 0 Å². The Balaban J connectivity index is 2.09. The number of carbonyl (C=O) groups is 1. The van der Waals surface area contributed by atoms with E-state index in [1.165, 1.54) is 0 Å². The largest absolute Gasteiger partial charge is 0.392 e. The fourth-order valence-electron chi connectivity index (χ4n) is 3.08. The second-order valence-corrected chi connectivity index (χ2v) is 5.97. The van der Waals surface area contributed by atoms with Crippen LogP contribution in [0.5, 0.6) is 0 Å². The second-order valence-electron chi connectivity index (χ2n) is 5.53. The number of carbonyl (C=O) groups excluding carboxylic acids is 1. The van der Waals surface area contributed by atoms with Gasteiger partial charge in [0.05, 0.1) is 11.1 Å². The van der Waals surface area contributed by atoms with Crippen molar-refractivity contribution in [1.29, 1.82) is 0 Å². The average Bonchev–Trinajstić information content (AvgIpc) is 2.47. The summed E-state index contributed by atoms with van der Waals surface area (Å²) in [6.45, 7) is 5.18. The Morgan fingerprint density at radius 2 is 2.20 bits per heavy atom. The molecular weight excluding hydrogens is 276 g/mol. The van der Waals surface area contributed by atoms with Crippen LogP contribution in [0.2, 0.25) is 0 Å². The van der Waals surface area contributed by atoms with Gasteiger partial charge in [-0.1, -0.05) is 12.2 Å². The molecule has 2 rings (SSSR count). The molecule has 0 saturated carbocycles. The third-order valence-corrected chi connectivity index (χ3v) is 4.69. The number of amides is 1. The molecule has 0 radical (unpaired) electrons. The number of thiocarbonyl (C=S) groups is 1. The van der Waals surface area contributed by atoms with Crippen molar-refractivity contribution in [2.45, 2.75) is 38.7 Å². The zero-order chi connectivity index (χ0) is 14.6. The third-order valence-electron chi connectivity index (χ3n) is 4.30. The van der Waals surface area contributed by atoms with Crippen LogP contribution in [0, 0.1) is 5.41 Å². The Kier molecular flexibility index (Phi) is 5.35. The molecule has 2 fully saturated rings. The highest BCUT2D eigenvalue weighted by Gasteiger charge is 2.46. The molecular formula is C14H24N2O3S. The van der Waals surface area contributed by atoms with E-state index in [9.17, 15) is 4.79 Å². The van der Waals surface area contributed by atoms with Crippen LogP contribution in [0.1, 0.15) is 32.6 Å². The number of rotatable bonds is 4. The third kappa shape index (κ3) is 3.13. The maximum atomic E-state index is 12.9. The Hall–Kier alpha value is -0.720. The predicted octanol–water partition coefficient (Wildman–Crippen LogP) is 1.10. The van der Waals surface area contributed by atoms with Gasteiger partial charge in [-0.3, -0.25) is 4.79 Å². The number of nitrogens with two attached hydrogens (primary N) is 1. The molecule has 0 aromatic heterocycles. The quantitative estimate of drug-likeness (QED) is 0.788. The summed E-state index contributed by atoms with van der Waals surface area (Å²) in [6, 6.07) is 0. The summed E-state index contributed by atoms with van der Waals surface area (Å²) in [4.78, 5) is 15.1. The van der Waals surface area contributed by atoms with Crippen LogP contribution in [-0.2, 0) is 14.3 Å². The standard InChI is InChI=1S/C14H24N2O3S/c1-2-19-11-4-3-7-16(10-11)13(17)14(12(15)20)5-8-18-9-6-14/h11H,2-10H2,1H3,(H2,15,20). The van der Waals surface area contributed by atoms with Crippen molar-refractivity contribution < 1.29 is 14.3 Å². The van der Waals surface area contributed by atoms with Gasteiger partial charge in [-0.15, -0.1) is 0 Å². The molecule has 2 heterocycles. The van der Waals surface area contributed by atoms with E-state index < -0.39 is 5.41 Å². The Morgan fingerprint density at radius 3 is 2.80 bits per heavy atom. The first-order valence-corrected chi connectivity index (χ1v) is 7.79. The molecule has 5 nitrogen and oxygen atoms in total. The summed E-state index contributed by atoms with van der Waals surface area (Å²) in [5, 5.41) is 0. The molecule has 2 saturated heterocycles. The molecule has 0 bridgehead atoms. The van der Waals surface area contributed by atoms with E-state index in [2.05, 4.69) is 0 Å². The molecule has 6 heteroatoms. The minimum Gasteiger partial charge on any atom is -0.392 e. The van der Waals surface area contributed by atoms with E-state index in [-0.39, 0.29) is 12.0 Å². The van der Waals surface area contributed by atoms with Gasteiger partial charge in [0.15, 0.2) is 0 Å². The van der Waals surface area contributed by atoms with Gasteiger partial charge in [0, 0.05) is 32.9 Å². The maximum Gasteiger partial charge on any atom is 0.235 e. The fourth-order valence-corrected chi connectivity index (χ4v) is 3.37. The Labute approximate surface area is 125 Å². The number of piperidine rings is 1. The monoisotopic (exact) mass is 300 g/mol. The number of ether oxygens (including phenoxy) is 2. The van der Waals surface area contributed by atoms with Gasteiger partial charge >= 0.3 is 0 Å². The zero-order valence-electron chi connectivity index (χ0n) is 12.1. The van der Waals surface area contributed by atoms with Gasteiger partial charge in [0.25, 0.3) is 0 Å². The summed E-state index contributed by atoms with van der Waals surface area (Å²) in [6.07, 6.45) is 3.32. The summed E-state index contributed by atoms with van der Waals surface area (Å²) in [5.74, 6) is 0.0673. The van der Waals surface area contributed by atoms with Gasteiger partial charge in [0.2, 0.25) is 5.91 Å². The Morgan fingerprint density at radius 1 is 1.50 bits per heavy atom. The van der Waals surface area contributed by atoms with Crippen molar-refractivity contribution in [3.05, 3.63) is 0 Å². The summed E-state index contributed by atoms with van der Waals surface area (Å²) < 4.78 is 11.0.